The van der Waals surface area contributed by atoms with Crippen LogP contribution in [-0.2, 0) is 9.59 Å². The molecule has 1 aliphatic heterocycles. The lowest BCUT2D eigenvalue weighted by atomic mass is 9.55. The number of hydrazine groups is 1. The molecule has 7 rings (SSSR count). The number of hydrogen-bond donors (Lipinski definition) is 1. The molecule has 1 fully saturated rings. The van der Waals surface area contributed by atoms with Crippen molar-refractivity contribution < 1.29 is 19.3 Å². The van der Waals surface area contributed by atoms with Gasteiger partial charge in [-0.3, -0.25) is 29.9 Å². The highest BCUT2D eigenvalue weighted by Crippen LogP contribution is 2.60. The van der Waals surface area contributed by atoms with E-state index in [0.717, 1.165) is 33.3 Å². The van der Waals surface area contributed by atoms with E-state index in [9.17, 15) is 24.5 Å². The Labute approximate surface area is 188 Å². The van der Waals surface area contributed by atoms with Crippen molar-refractivity contribution >= 4 is 23.4 Å². The molecule has 162 valence electrons. The maximum absolute atomic E-state index is 13.5. The van der Waals surface area contributed by atoms with Crippen molar-refractivity contribution in [2.45, 2.75) is 11.8 Å². The fourth-order valence-electron chi connectivity index (χ4n) is 5.71. The van der Waals surface area contributed by atoms with E-state index in [-0.39, 0.29) is 23.1 Å². The van der Waals surface area contributed by atoms with Gasteiger partial charge in [-0.2, -0.15) is 5.01 Å². The molecule has 3 aromatic rings. The topological polar surface area (TPSA) is 110 Å². The molecule has 1 heterocycles. The predicted molar refractivity (Wildman–Crippen MR) is 116 cm³/mol. The monoisotopic (exact) mass is 439 g/mol. The zero-order chi connectivity index (χ0) is 22.9. The largest absolute Gasteiger partial charge is 0.272 e. The summed E-state index contributed by atoms with van der Waals surface area (Å²) in [5.74, 6) is -3.44. The lowest BCUT2D eigenvalue weighted by molar-refractivity contribution is -0.384. The number of benzene rings is 3. The van der Waals surface area contributed by atoms with Crippen LogP contribution in [0.2, 0.25) is 0 Å². The van der Waals surface area contributed by atoms with Crippen molar-refractivity contribution in [3.63, 3.8) is 0 Å². The summed E-state index contributed by atoms with van der Waals surface area (Å²) in [5, 5.41) is 11.9. The molecule has 33 heavy (non-hydrogen) atoms. The predicted octanol–water partition coefficient (Wildman–Crippen LogP) is 3.13. The smallest absolute Gasteiger partial charge is 0.270 e. The van der Waals surface area contributed by atoms with Crippen molar-refractivity contribution in [3.05, 3.63) is 111 Å². The molecule has 8 nitrogen and oxygen atoms in total. The molecule has 1 saturated heterocycles. The Balaban J connectivity index is 1.39. The minimum absolute atomic E-state index is 0.00536. The van der Waals surface area contributed by atoms with Gasteiger partial charge in [0.1, 0.15) is 0 Å². The lowest BCUT2D eigenvalue weighted by Crippen LogP contribution is -2.46. The summed E-state index contributed by atoms with van der Waals surface area (Å²) >= 11 is 0. The second-order valence-electron chi connectivity index (χ2n) is 8.52. The van der Waals surface area contributed by atoms with Gasteiger partial charge in [0.2, 0.25) is 0 Å². The first-order valence-electron chi connectivity index (χ1n) is 10.6. The van der Waals surface area contributed by atoms with Crippen molar-refractivity contribution in [2.75, 3.05) is 0 Å². The van der Waals surface area contributed by atoms with E-state index in [0.29, 0.717) is 0 Å². The van der Waals surface area contributed by atoms with E-state index in [2.05, 4.69) is 5.43 Å². The molecule has 0 aromatic heterocycles. The molecule has 3 aromatic carbocycles. The Bertz CT molecular complexity index is 1270. The molecule has 0 spiro atoms. The van der Waals surface area contributed by atoms with Crippen LogP contribution in [0.1, 0.15) is 44.4 Å². The molecule has 3 amide bonds. The molecular formula is C25H17N3O5. The van der Waals surface area contributed by atoms with Crippen LogP contribution in [0.4, 0.5) is 5.69 Å². The Morgan fingerprint density at radius 2 is 1.27 bits per heavy atom. The Kier molecular flexibility index (Phi) is 4.01. The number of amides is 3. The molecule has 0 unspecified atom stereocenters. The fraction of sp³-hybridized carbons (Fsp3) is 0.160. The minimum Gasteiger partial charge on any atom is -0.272 e. The second kappa shape index (κ2) is 6.83. The van der Waals surface area contributed by atoms with Gasteiger partial charge in [-0.1, -0.05) is 54.6 Å². The van der Waals surface area contributed by atoms with Gasteiger partial charge in [0.15, 0.2) is 0 Å². The number of imide groups is 1. The van der Waals surface area contributed by atoms with Crippen LogP contribution in [-0.4, -0.2) is 27.7 Å². The van der Waals surface area contributed by atoms with E-state index in [4.69, 9.17) is 0 Å². The van der Waals surface area contributed by atoms with Crippen LogP contribution in [0.15, 0.2) is 72.8 Å². The number of rotatable bonds is 3. The molecular weight excluding hydrogens is 422 g/mol. The van der Waals surface area contributed by atoms with Crippen LogP contribution in [0.25, 0.3) is 0 Å². The number of carbonyl (C=O) groups is 3. The number of nitro groups is 1. The normalized spacial score (nSPS) is 24.2. The van der Waals surface area contributed by atoms with Gasteiger partial charge < -0.3 is 0 Å². The number of nitro benzene ring substituents is 1. The average molecular weight is 439 g/mol. The van der Waals surface area contributed by atoms with Gasteiger partial charge in [0.25, 0.3) is 23.4 Å². The summed E-state index contributed by atoms with van der Waals surface area (Å²) in [5.41, 5.74) is 6.31. The van der Waals surface area contributed by atoms with Crippen LogP contribution < -0.4 is 5.43 Å². The number of nitrogens with one attached hydrogen (secondary N) is 1. The van der Waals surface area contributed by atoms with Gasteiger partial charge in [-0.05, 0) is 28.3 Å². The zero-order valence-corrected chi connectivity index (χ0v) is 17.2. The highest BCUT2D eigenvalue weighted by molar-refractivity contribution is 6.09. The van der Waals surface area contributed by atoms with E-state index in [1.165, 1.54) is 18.2 Å². The minimum atomic E-state index is -0.749. The molecule has 0 saturated carbocycles. The van der Waals surface area contributed by atoms with E-state index < -0.39 is 34.5 Å². The zero-order valence-electron chi connectivity index (χ0n) is 17.2. The van der Waals surface area contributed by atoms with Gasteiger partial charge in [-0.15, -0.1) is 0 Å². The fourth-order valence-corrected chi connectivity index (χ4v) is 5.71. The number of hydrogen-bond acceptors (Lipinski definition) is 5. The first-order valence-corrected chi connectivity index (χ1v) is 10.6. The second-order valence-corrected chi connectivity index (χ2v) is 8.52. The molecule has 2 atom stereocenters. The maximum Gasteiger partial charge on any atom is 0.270 e. The molecule has 4 aliphatic rings. The highest BCUT2D eigenvalue weighted by Gasteiger charge is 2.62. The van der Waals surface area contributed by atoms with Crippen molar-refractivity contribution in [2.24, 2.45) is 11.8 Å². The third kappa shape index (κ3) is 2.60. The molecule has 8 heteroatoms. The molecule has 1 N–H and O–H groups in total. The van der Waals surface area contributed by atoms with Crippen molar-refractivity contribution in [3.8, 4) is 0 Å². The summed E-state index contributed by atoms with van der Waals surface area (Å²) in [4.78, 5) is 50.2. The van der Waals surface area contributed by atoms with E-state index in [1.54, 1.807) is 0 Å². The Hall–Kier alpha value is -4.33. The number of non-ortho nitro benzene ring substituents is 1. The Morgan fingerprint density at radius 3 is 1.73 bits per heavy atom. The molecule has 2 bridgehead atoms. The van der Waals surface area contributed by atoms with Crippen LogP contribution in [0, 0.1) is 22.0 Å². The standard InChI is InChI=1S/C25H17N3O5/c29-23(13-6-5-7-14(12-13)28(32)33)26-27-24(30)21-19-15-8-1-2-9-16(15)20(22(21)25(27)31)18-11-4-3-10-17(18)19/h1-12,19-22H,(H,26,29)/t19?,20?,21-,22-/m0/s1. The van der Waals surface area contributed by atoms with Gasteiger partial charge in [0, 0.05) is 29.5 Å². The average Bonchev–Trinajstić information content (AvgIpc) is 3.09. The highest BCUT2D eigenvalue weighted by atomic mass is 16.6. The number of carbonyl (C=O) groups excluding carboxylic acids is 3. The van der Waals surface area contributed by atoms with E-state index >= 15 is 0 Å². The first kappa shape index (κ1) is 19.4. The summed E-state index contributed by atoms with van der Waals surface area (Å²) in [7, 11) is 0. The van der Waals surface area contributed by atoms with Crippen LogP contribution in [0.3, 0.4) is 0 Å². The SMILES string of the molecule is O=C(NN1C(=O)[C@H]2C3c4ccccc4C(c4ccccc43)[C@@H]2C1=O)c1cccc([N+](=O)[O-])c1. The summed E-state index contributed by atoms with van der Waals surface area (Å²) in [6, 6.07) is 20.9. The maximum atomic E-state index is 13.5. The summed E-state index contributed by atoms with van der Waals surface area (Å²) in [6.07, 6.45) is 0. The van der Waals surface area contributed by atoms with Crippen molar-refractivity contribution in [1.29, 1.82) is 0 Å². The van der Waals surface area contributed by atoms with Gasteiger partial charge in [-0.25, -0.2) is 0 Å². The molecule has 3 aliphatic carbocycles. The summed E-state index contributed by atoms with van der Waals surface area (Å²) in [6.45, 7) is 0. The third-order valence-electron chi connectivity index (χ3n) is 6.98. The third-order valence-corrected chi connectivity index (χ3v) is 6.98. The van der Waals surface area contributed by atoms with Gasteiger partial charge in [0.05, 0.1) is 16.8 Å². The quantitative estimate of drug-likeness (QED) is 0.383. The van der Waals surface area contributed by atoms with Gasteiger partial charge >= 0.3 is 0 Å². The molecule has 0 radical (unpaired) electrons. The van der Waals surface area contributed by atoms with Crippen molar-refractivity contribution in [1.82, 2.24) is 10.4 Å². The summed E-state index contributed by atoms with van der Waals surface area (Å²) < 4.78 is 0. The first-order chi connectivity index (χ1) is 16.0. The van der Waals surface area contributed by atoms with Crippen LogP contribution >= 0.6 is 0 Å². The number of nitrogens with zero attached hydrogens (tertiary/aromatic N) is 2. The lowest BCUT2D eigenvalue weighted by Gasteiger charge is -2.45. The van der Waals surface area contributed by atoms with E-state index in [1.807, 2.05) is 48.5 Å². The van der Waals surface area contributed by atoms with Crippen LogP contribution in [0.5, 0.6) is 0 Å². The Morgan fingerprint density at radius 1 is 0.788 bits per heavy atom.